The maximum atomic E-state index is 14.1. The summed E-state index contributed by atoms with van der Waals surface area (Å²) in [4.78, 5) is 21.0. The Hall–Kier alpha value is -3.62. The molecule has 1 aromatic heterocycles. The number of carbonyl (C=O) groups is 1. The van der Waals surface area contributed by atoms with Crippen LogP contribution in [0.25, 0.3) is 5.69 Å². The summed E-state index contributed by atoms with van der Waals surface area (Å²) in [7, 11) is 0. The van der Waals surface area contributed by atoms with Crippen LogP contribution in [0.15, 0.2) is 42.7 Å². The van der Waals surface area contributed by atoms with Gasteiger partial charge in [0.2, 0.25) is 0 Å². The first-order valence-corrected chi connectivity index (χ1v) is 11.6. The lowest BCUT2D eigenvalue weighted by Crippen LogP contribution is -2.41. The molecule has 1 aliphatic heterocycles. The highest BCUT2D eigenvalue weighted by molar-refractivity contribution is 5.74. The van der Waals surface area contributed by atoms with Crippen molar-refractivity contribution in [3.8, 4) is 11.4 Å². The van der Waals surface area contributed by atoms with Gasteiger partial charge in [-0.15, -0.1) is 0 Å². The van der Waals surface area contributed by atoms with E-state index in [1.807, 2.05) is 45.0 Å². The van der Waals surface area contributed by atoms with Gasteiger partial charge in [-0.3, -0.25) is 0 Å². The van der Waals surface area contributed by atoms with Gasteiger partial charge >= 0.3 is 6.03 Å². The molecule has 0 aliphatic carbocycles. The van der Waals surface area contributed by atoms with Gasteiger partial charge in [0.1, 0.15) is 29.4 Å². The molecule has 0 atom stereocenters. The fourth-order valence-electron chi connectivity index (χ4n) is 4.08. The molecule has 1 saturated heterocycles. The Morgan fingerprint density at radius 2 is 1.97 bits per heavy atom. The molecule has 0 unspecified atom stereocenters. The van der Waals surface area contributed by atoms with Crippen molar-refractivity contribution in [2.75, 3.05) is 37.7 Å². The molecule has 2 aromatic carbocycles. The summed E-state index contributed by atoms with van der Waals surface area (Å²) in [6.07, 6.45) is 2.51. The zero-order valence-electron chi connectivity index (χ0n) is 19.9. The third-order valence-corrected chi connectivity index (χ3v) is 5.88. The quantitative estimate of drug-likeness (QED) is 0.597. The summed E-state index contributed by atoms with van der Waals surface area (Å²) in [5, 5.41) is 7.25. The fourth-order valence-corrected chi connectivity index (χ4v) is 4.08. The van der Waals surface area contributed by atoms with Crippen molar-refractivity contribution >= 4 is 11.7 Å². The number of aromatic nitrogens is 3. The number of hydrogen-bond acceptors (Lipinski definition) is 5. The Balaban J connectivity index is 1.40. The molecule has 1 aliphatic rings. The minimum atomic E-state index is -0.294. The molecule has 180 valence electrons. The minimum Gasteiger partial charge on any atom is -0.492 e. The number of nitrogens with one attached hydrogen (secondary N) is 1. The maximum absolute atomic E-state index is 14.1. The molecule has 2 heterocycles. The first-order chi connectivity index (χ1) is 16.4. The lowest BCUT2D eigenvalue weighted by Gasteiger charge is -2.25. The predicted octanol–water partition coefficient (Wildman–Crippen LogP) is 3.84. The number of carbonyl (C=O) groups excluding carboxylic acids is 1. The second-order valence-electron chi connectivity index (χ2n) is 8.40. The van der Waals surface area contributed by atoms with Crippen LogP contribution in [0.2, 0.25) is 0 Å². The number of aryl methyl sites for hydroxylation is 2. The average Bonchev–Trinajstić information content (AvgIpc) is 3.10. The predicted molar refractivity (Wildman–Crippen MR) is 129 cm³/mol. The molecule has 0 spiro atoms. The molecule has 3 aromatic rings. The molecule has 34 heavy (non-hydrogen) atoms. The molecule has 1 fully saturated rings. The number of hydrogen-bond donors (Lipinski definition) is 1. The molecule has 1 N–H and O–H groups in total. The third-order valence-electron chi connectivity index (χ3n) is 5.88. The summed E-state index contributed by atoms with van der Waals surface area (Å²) in [5.74, 6) is 1.14. The van der Waals surface area contributed by atoms with Crippen LogP contribution in [0.5, 0.6) is 5.75 Å². The monoisotopic (exact) mass is 466 g/mol. The van der Waals surface area contributed by atoms with Crippen LogP contribution in [-0.2, 0) is 6.54 Å². The van der Waals surface area contributed by atoms with Gasteiger partial charge in [0, 0.05) is 50.0 Å². The minimum absolute atomic E-state index is 0.172. The second kappa shape index (κ2) is 10.5. The van der Waals surface area contributed by atoms with Gasteiger partial charge in [0.25, 0.3) is 0 Å². The van der Waals surface area contributed by atoms with Gasteiger partial charge in [-0.05, 0) is 51.0 Å². The average molecular weight is 467 g/mol. The van der Waals surface area contributed by atoms with Crippen LogP contribution in [0, 0.1) is 19.7 Å². The van der Waals surface area contributed by atoms with Crippen LogP contribution >= 0.6 is 0 Å². The van der Waals surface area contributed by atoms with Gasteiger partial charge < -0.3 is 19.9 Å². The Morgan fingerprint density at radius 3 is 2.71 bits per heavy atom. The highest BCUT2D eigenvalue weighted by atomic mass is 19.1. The van der Waals surface area contributed by atoms with Crippen LogP contribution in [0.1, 0.15) is 30.3 Å². The number of anilines is 1. The van der Waals surface area contributed by atoms with E-state index in [9.17, 15) is 9.18 Å². The number of benzene rings is 2. The number of ether oxygens (including phenoxy) is 1. The lowest BCUT2D eigenvalue weighted by atomic mass is 10.1. The second-order valence-corrected chi connectivity index (χ2v) is 8.40. The molecular formula is C25H31FN6O2. The van der Waals surface area contributed by atoms with Gasteiger partial charge in [-0.1, -0.05) is 12.1 Å². The highest BCUT2D eigenvalue weighted by Gasteiger charge is 2.21. The van der Waals surface area contributed by atoms with E-state index in [0.29, 0.717) is 37.6 Å². The van der Waals surface area contributed by atoms with E-state index in [1.165, 1.54) is 6.07 Å². The molecule has 8 nitrogen and oxygen atoms in total. The van der Waals surface area contributed by atoms with Crippen molar-refractivity contribution in [2.45, 2.75) is 33.7 Å². The van der Waals surface area contributed by atoms with Crippen LogP contribution < -0.4 is 15.0 Å². The van der Waals surface area contributed by atoms with Gasteiger partial charge in [-0.25, -0.2) is 18.9 Å². The Kier molecular flexibility index (Phi) is 7.30. The SMILES string of the molecule is CCOc1cc(N2CCCN(C(=O)NCc3ccc(C)cc3F)CC2)ccc1-n1cnc(C)n1. The fraction of sp³-hybridized carbons (Fsp3) is 0.400. The maximum Gasteiger partial charge on any atom is 0.317 e. The lowest BCUT2D eigenvalue weighted by molar-refractivity contribution is 0.201. The number of urea groups is 1. The van der Waals surface area contributed by atoms with Crippen LogP contribution in [0.4, 0.5) is 14.9 Å². The molecule has 2 amide bonds. The number of halogens is 1. The molecule has 4 rings (SSSR count). The zero-order valence-corrected chi connectivity index (χ0v) is 19.9. The summed E-state index contributed by atoms with van der Waals surface area (Å²) >= 11 is 0. The highest BCUT2D eigenvalue weighted by Crippen LogP contribution is 2.29. The van der Waals surface area contributed by atoms with E-state index in [-0.39, 0.29) is 18.4 Å². The standard InChI is InChI=1S/C25H31FN6O2/c1-4-34-24-15-21(8-9-23(24)32-17-28-19(3)29-32)30-10-5-11-31(13-12-30)25(33)27-16-20-7-6-18(2)14-22(20)26/h6-9,14-15,17H,4-5,10-13,16H2,1-3H3,(H,27,33). The van der Waals surface area contributed by atoms with Gasteiger partial charge in [-0.2, -0.15) is 5.10 Å². The molecule has 9 heteroatoms. The summed E-state index contributed by atoms with van der Waals surface area (Å²) in [6, 6.07) is 10.9. The zero-order chi connectivity index (χ0) is 24.1. The summed E-state index contributed by atoms with van der Waals surface area (Å²) < 4.78 is 21.7. The Morgan fingerprint density at radius 1 is 1.12 bits per heavy atom. The van der Waals surface area contributed by atoms with E-state index < -0.39 is 0 Å². The topological polar surface area (TPSA) is 75.5 Å². The first kappa shape index (κ1) is 23.5. The van der Waals surface area contributed by atoms with Crippen molar-refractivity contribution < 1.29 is 13.9 Å². The largest absolute Gasteiger partial charge is 0.492 e. The number of rotatable bonds is 6. The first-order valence-electron chi connectivity index (χ1n) is 11.6. The van der Waals surface area contributed by atoms with Gasteiger partial charge in [0.15, 0.2) is 0 Å². The number of amides is 2. The van der Waals surface area contributed by atoms with Crippen LogP contribution in [-0.4, -0.2) is 58.5 Å². The Labute approximate surface area is 199 Å². The normalized spacial score (nSPS) is 14.1. The smallest absolute Gasteiger partial charge is 0.317 e. The van der Waals surface area contributed by atoms with Crippen LogP contribution in [0.3, 0.4) is 0 Å². The van der Waals surface area contributed by atoms with Crippen molar-refractivity contribution in [2.24, 2.45) is 0 Å². The molecule has 0 saturated carbocycles. The van der Waals surface area contributed by atoms with E-state index in [2.05, 4.69) is 20.3 Å². The van der Waals surface area contributed by atoms with Crippen molar-refractivity contribution in [3.63, 3.8) is 0 Å². The van der Waals surface area contributed by atoms with Crippen molar-refractivity contribution in [1.82, 2.24) is 25.0 Å². The van der Waals surface area contributed by atoms with E-state index in [0.717, 1.165) is 35.7 Å². The van der Waals surface area contributed by atoms with E-state index in [4.69, 9.17) is 4.74 Å². The Bertz CT molecular complexity index is 1150. The van der Waals surface area contributed by atoms with E-state index >= 15 is 0 Å². The third kappa shape index (κ3) is 5.47. The van der Waals surface area contributed by atoms with Crippen molar-refractivity contribution in [3.05, 3.63) is 65.5 Å². The molecule has 0 radical (unpaired) electrons. The number of nitrogens with zero attached hydrogens (tertiary/aromatic N) is 5. The summed E-state index contributed by atoms with van der Waals surface area (Å²) in [5.41, 5.74) is 3.22. The van der Waals surface area contributed by atoms with E-state index in [1.54, 1.807) is 22.0 Å². The van der Waals surface area contributed by atoms with Gasteiger partial charge in [0.05, 0.1) is 6.61 Å². The van der Waals surface area contributed by atoms with Crippen molar-refractivity contribution in [1.29, 1.82) is 0 Å². The molecular weight excluding hydrogens is 435 g/mol. The summed E-state index contributed by atoms with van der Waals surface area (Å²) in [6.45, 7) is 9.10. The molecule has 0 bridgehead atoms.